The van der Waals surface area contributed by atoms with E-state index in [1.165, 1.54) is 25.0 Å². The van der Waals surface area contributed by atoms with Crippen LogP contribution in [0.4, 0.5) is 0 Å². The van der Waals surface area contributed by atoms with Crippen molar-refractivity contribution in [2.75, 3.05) is 13.2 Å². The molecule has 1 aromatic heterocycles. The van der Waals surface area contributed by atoms with Crippen LogP contribution in [-0.2, 0) is 0 Å². The minimum absolute atomic E-state index is 0.236. The molecule has 1 aliphatic carbocycles. The molecule has 6 heteroatoms. The number of aromatic amines is 1. The summed E-state index contributed by atoms with van der Waals surface area (Å²) in [6, 6.07) is 12.7. The molecule has 6 nitrogen and oxygen atoms in total. The summed E-state index contributed by atoms with van der Waals surface area (Å²) in [6.45, 7) is 1.42. The summed E-state index contributed by atoms with van der Waals surface area (Å²) < 4.78 is 5.78. The van der Waals surface area contributed by atoms with Crippen LogP contribution >= 0.6 is 0 Å². The molecule has 138 valence electrons. The molecule has 2 aromatic rings. The highest BCUT2D eigenvalue weighted by Gasteiger charge is 2.22. The van der Waals surface area contributed by atoms with Crippen molar-refractivity contribution in [2.24, 2.45) is 11.8 Å². The summed E-state index contributed by atoms with van der Waals surface area (Å²) in [5, 5.41) is 8.95. The van der Waals surface area contributed by atoms with Crippen molar-refractivity contribution in [1.29, 1.82) is 0 Å². The van der Waals surface area contributed by atoms with Gasteiger partial charge in [-0.05, 0) is 62.1 Å². The highest BCUT2D eigenvalue weighted by molar-refractivity contribution is 5.91. The maximum atomic E-state index is 12.0. The van der Waals surface area contributed by atoms with E-state index in [9.17, 15) is 9.59 Å². The van der Waals surface area contributed by atoms with Crippen LogP contribution < -0.4 is 15.6 Å². The molecule has 1 aromatic carbocycles. The monoisotopic (exact) mass is 355 g/mol. The Morgan fingerprint density at radius 1 is 1.08 bits per heavy atom. The van der Waals surface area contributed by atoms with Crippen molar-refractivity contribution in [3.8, 4) is 5.75 Å². The Morgan fingerprint density at radius 3 is 2.50 bits per heavy atom. The number of benzene rings is 1. The van der Waals surface area contributed by atoms with Crippen LogP contribution in [0.1, 0.15) is 42.6 Å². The first-order chi connectivity index (χ1) is 12.7. The van der Waals surface area contributed by atoms with Crippen LogP contribution in [0.2, 0.25) is 0 Å². The zero-order chi connectivity index (χ0) is 18.2. The van der Waals surface area contributed by atoms with Crippen molar-refractivity contribution >= 4 is 5.91 Å². The molecule has 0 bridgehead atoms. The van der Waals surface area contributed by atoms with Crippen LogP contribution in [-0.4, -0.2) is 29.3 Å². The van der Waals surface area contributed by atoms with E-state index < -0.39 is 0 Å². The maximum Gasteiger partial charge on any atom is 0.271 e. The van der Waals surface area contributed by atoms with Gasteiger partial charge in [0.15, 0.2) is 0 Å². The summed E-state index contributed by atoms with van der Waals surface area (Å²) in [7, 11) is 0. The number of H-pyrrole nitrogens is 1. The zero-order valence-electron chi connectivity index (χ0n) is 14.8. The van der Waals surface area contributed by atoms with Crippen LogP contribution in [0.15, 0.2) is 47.3 Å². The highest BCUT2D eigenvalue weighted by atomic mass is 16.5. The number of nitrogens with zero attached hydrogens (tertiary/aromatic N) is 1. The third-order valence-electron chi connectivity index (χ3n) is 4.97. The lowest BCUT2D eigenvalue weighted by Crippen LogP contribution is -2.32. The Hall–Kier alpha value is -2.63. The number of aromatic nitrogens is 2. The van der Waals surface area contributed by atoms with E-state index in [0.29, 0.717) is 18.4 Å². The van der Waals surface area contributed by atoms with Gasteiger partial charge in [0.2, 0.25) is 0 Å². The van der Waals surface area contributed by atoms with E-state index in [-0.39, 0.29) is 17.2 Å². The number of carbonyl (C=O) groups is 1. The molecule has 0 spiro atoms. The van der Waals surface area contributed by atoms with E-state index in [4.69, 9.17) is 4.74 Å². The lowest BCUT2D eigenvalue weighted by Gasteiger charge is -2.28. The lowest BCUT2D eigenvalue weighted by atomic mass is 9.80. The third kappa shape index (κ3) is 5.44. The van der Waals surface area contributed by atoms with E-state index in [1.54, 1.807) is 0 Å². The molecular weight excluding hydrogens is 330 g/mol. The summed E-state index contributed by atoms with van der Waals surface area (Å²) in [5.74, 6) is 1.90. The van der Waals surface area contributed by atoms with Gasteiger partial charge in [0.25, 0.3) is 11.5 Å². The van der Waals surface area contributed by atoms with Gasteiger partial charge in [0.05, 0.1) is 6.61 Å². The fourth-order valence-corrected chi connectivity index (χ4v) is 3.38. The summed E-state index contributed by atoms with van der Waals surface area (Å²) >= 11 is 0. The number of ether oxygens (including phenoxy) is 1. The normalized spacial score (nSPS) is 19.7. The number of amides is 1. The van der Waals surface area contributed by atoms with Gasteiger partial charge in [-0.25, -0.2) is 5.10 Å². The molecule has 0 aliphatic heterocycles. The summed E-state index contributed by atoms with van der Waals surface area (Å²) in [5.41, 5.74) is -0.0625. The first kappa shape index (κ1) is 18.2. The van der Waals surface area contributed by atoms with Gasteiger partial charge < -0.3 is 10.1 Å². The minimum Gasteiger partial charge on any atom is -0.494 e. The fourth-order valence-electron chi connectivity index (χ4n) is 3.38. The molecule has 1 amide bonds. The van der Waals surface area contributed by atoms with Crippen LogP contribution in [0.25, 0.3) is 0 Å². The van der Waals surface area contributed by atoms with Crippen molar-refractivity contribution in [1.82, 2.24) is 15.5 Å². The van der Waals surface area contributed by atoms with Gasteiger partial charge in [-0.2, -0.15) is 5.10 Å². The maximum absolute atomic E-state index is 12.0. The first-order valence-electron chi connectivity index (χ1n) is 9.22. The Balaban J connectivity index is 1.33. The molecule has 2 N–H and O–H groups in total. The average Bonchev–Trinajstić information content (AvgIpc) is 2.68. The van der Waals surface area contributed by atoms with Gasteiger partial charge in [0.1, 0.15) is 11.4 Å². The fraction of sp³-hybridized carbons (Fsp3) is 0.450. The first-order valence-corrected chi connectivity index (χ1v) is 9.22. The van der Waals surface area contributed by atoms with Gasteiger partial charge in [-0.1, -0.05) is 18.2 Å². The predicted octanol–water partition coefficient (Wildman–Crippen LogP) is 2.78. The second-order valence-electron chi connectivity index (χ2n) is 6.85. The van der Waals surface area contributed by atoms with E-state index >= 15 is 0 Å². The SMILES string of the molecule is O=C(NC[C@H]1CC[C@@H](CCOc2ccccc2)CC1)c1ccc(=O)[nH]n1. The highest BCUT2D eigenvalue weighted by Crippen LogP contribution is 2.30. The summed E-state index contributed by atoms with van der Waals surface area (Å²) in [6.07, 6.45) is 5.67. The van der Waals surface area contributed by atoms with Gasteiger partial charge in [0, 0.05) is 12.6 Å². The van der Waals surface area contributed by atoms with Crippen molar-refractivity contribution in [2.45, 2.75) is 32.1 Å². The van der Waals surface area contributed by atoms with E-state index in [2.05, 4.69) is 15.5 Å². The molecular formula is C20H25N3O3. The van der Waals surface area contributed by atoms with Crippen LogP contribution in [0.3, 0.4) is 0 Å². The van der Waals surface area contributed by atoms with Gasteiger partial charge in [-0.15, -0.1) is 0 Å². The molecule has 0 atom stereocenters. The standard InChI is InChI=1S/C20H25N3O3/c24-19-11-10-18(22-23-19)20(25)21-14-16-8-6-15(7-9-16)12-13-26-17-4-2-1-3-5-17/h1-5,10-11,15-16H,6-9,12-14H2,(H,21,25)(H,23,24)/t15-,16+. The predicted molar refractivity (Wildman–Crippen MR) is 99.2 cm³/mol. The molecule has 0 saturated heterocycles. The van der Waals surface area contributed by atoms with Gasteiger partial charge >= 0.3 is 0 Å². The molecule has 3 rings (SSSR count). The van der Waals surface area contributed by atoms with Crippen molar-refractivity contribution in [3.05, 3.63) is 58.5 Å². The second-order valence-corrected chi connectivity index (χ2v) is 6.85. The number of hydrogen-bond donors (Lipinski definition) is 2. The minimum atomic E-state index is -0.309. The Morgan fingerprint density at radius 2 is 1.81 bits per heavy atom. The number of para-hydroxylation sites is 1. The molecule has 1 aliphatic rings. The number of rotatable bonds is 7. The topological polar surface area (TPSA) is 84.1 Å². The largest absolute Gasteiger partial charge is 0.494 e. The lowest BCUT2D eigenvalue weighted by molar-refractivity contribution is 0.0934. The quantitative estimate of drug-likeness (QED) is 0.800. The number of hydrogen-bond acceptors (Lipinski definition) is 4. The number of nitrogens with one attached hydrogen (secondary N) is 2. The molecule has 1 saturated carbocycles. The number of carbonyl (C=O) groups excluding carboxylic acids is 1. The third-order valence-corrected chi connectivity index (χ3v) is 4.97. The van der Waals surface area contributed by atoms with E-state index in [1.807, 2.05) is 30.3 Å². The Kier molecular flexibility index (Phi) is 6.41. The average molecular weight is 355 g/mol. The Bertz CT molecular complexity index is 732. The molecule has 26 heavy (non-hydrogen) atoms. The van der Waals surface area contributed by atoms with Crippen LogP contribution in [0.5, 0.6) is 5.75 Å². The molecule has 0 radical (unpaired) electrons. The second kappa shape index (κ2) is 9.17. The van der Waals surface area contributed by atoms with Crippen molar-refractivity contribution in [3.63, 3.8) is 0 Å². The summed E-state index contributed by atoms with van der Waals surface area (Å²) in [4.78, 5) is 23.0. The molecule has 1 fully saturated rings. The van der Waals surface area contributed by atoms with Crippen LogP contribution in [0, 0.1) is 11.8 Å². The van der Waals surface area contributed by atoms with Gasteiger partial charge in [-0.3, -0.25) is 9.59 Å². The van der Waals surface area contributed by atoms with Crippen molar-refractivity contribution < 1.29 is 9.53 Å². The van der Waals surface area contributed by atoms with E-state index in [0.717, 1.165) is 31.6 Å². The molecule has 1 heterocycles. The zero-order valence-corrected chi connectivity index (χ0v) is 14.8. The smallest absolute Gasteiger partial charge is 0.271 e. The Labute approximate surface area is 153 Å². The molecule has 0 unspecified atom stereocenters.